The number of amides is 1. The Balaban J connectivity index is 1.82. The van der Waals surface area contributed by atoms with E-state index in [4.69, 9.17) is 0 Å². The van der Waals surface area contributed by atoms with Crippen molar-refractivity contribution in [3.63, 3.8) is 0 Å². The Kier molecular flexibility index (Phi) is 5.43. The fraction of sp³-hybridized carbons (Fsp3) is 0.353. The van der Waals surface area contributed by atoms with Crippen LogP contribution in [-0.4, -0.2) is 23.2 Å². The van der Waals surface area contributed by atoms with Crippen LogP contribution in [0.3, 0.4) is 0 Å². The highest BCUT2D eigenvalue weighted by Gasteiger charge is 2.05. The highest BCUT2D eigenvalue weighted by molar-refractivity contribution is 5.83. The molecule has 4 heteroatoms. The van der Waals surface area contributed by atoms with Crippen molar-refractivity contribution in [1.82, 2.24) is 10.3 Å². The van der Waals surface area contributed by atoms with E-state index in [1.165, 1.54) is 0 Å². The largest absolute Gasteiger partial charge is 0.356 e. The third kappa shape index (κ3) is 4.67. The van der Waals surface area contributed by atoms with Crippen LogP contribution >= 0.6 is 0 Å². The fourth-order valence-electron chi connectivity index (χ4n) is 2.17. The SMILES string of the molecule is CCC(=O)NCCCC(=O)Cc1cnc2ccccc2c1. The molecule has 0 atom stereocenters. The number of rotatable bonds is 7. The van der Waals surface area contributed by atoms with Crippen LogP contribution in [0.4, 0.5) is 0 Å². The second-order valence-corrected chi connectivity index (χ2v) is 5.06. The summed E-state index contributed by atoms with van der Waals surface area (Å²) in [4.78, 5) is 27.3. The predicted molar refractivity (Wildman–Crippen MR) is 83.0 cm³/mol. The highest BCUT2D eigenvalue weighted by atomic mass is 16.1. The van der Waals surface area contributed by atoms with Gasteiger partial charge >= 0.3 is 0 Å². The topological polar surface area (TPSA) is 59.1 Å². The maximum Gasteiger partial charge on any atom is 0.219 e. The lowest BCUT2D eigenvalue weighted by Crippen LogP contribution is -2.23. The van der Waals surface area contributed by atoms with Gasteiger partial charge in [-0.25, -0.2) is 0 Å². The minimum atomic E-state index is 0.0289. The summed E-state index contributed by atoms with van der Waals surface area (Å²) < 4.78 is 0. The molecule has 0 fully saturated rings. The number of Topliss-reactive ketones (excluding diaryl/α,β-unsaturated/α-hetero) is 1. The molecule has 1 amide bonds. The molecule has 1 N–H and O–H groups in total. The highest BCUT2D eigenvalue weighted by Crippen LogP contribution is 2.13. The van der Waals surface area contributed by atoms with E-state index in [1.54, 1.807) is 6.20 Å². The number of hydrogen-bond acceptors (Lipinski definition) is 3. The average Bonchev–Trinajstić information content (AvgIpc) is 2.51. The molecular formula is C17H20N2O2. The molecular weight excluding hydrogens is 264 g/mol. The number of hydrogen-bond donors (Lipinski definition) is 1. The van der Waals surface area contributed by atoms with E-state index in [0.717, 1.165) is 16.5 Å². The van der Waals surface area contributed by atoms with E-state index in [0.29, 0.717) is 32.2 Å². The smallest absolute Gasteiger partial charge is 0.219 e. The van der Waals surface area contributed by atoms with Gasteiger partial charge in [-0.3, -0.25) is 14.6 Å². The van der Waals surface area contributed by atoms with Gasteiger partial charge in [0.15, 0.2) is 0 Å². The van der Waals surface area contributed by atoms with Gasteiger partial charge < -0.3 is 5.32 Å². The zero-order chi connectivity index (χ0) is 15.1. The summed E-state index contributed by atoms with van der Waals surface area (Å²) >= 11 is 0. The normalized spacial score (nSPS) is 10.5. The number of fused-ring (bicyclic) bond motifs is 1. The van der Waals surface area contributed by atoms with Crippen LogP contribution < -0.4 is 5.32 Å². The molecule has 110 valence electrons. The lowest BCUT2D eigenvalue weighted by molar-refractivity contribution is -0.121. The van der Waals surface area contributed by atoms with E-state index in [-0.39, 0.29) is 11.7 Å². The number of para-hydroxylation sites is 1. The predicted octanol–water partition coefficient (Wildman–Crippen LogP) is 2.65. The Labute approximate surface area is 124 Å². The Hall–Kier alpha value is -2.23. The Bertz CT molecular complexity index is 637. The third-order valence-electron chi connectivity index (χ3n) is 3.32. The van der Waals surface area contributed by atoms with Crippen molar-refractivity contribution >= 4 is 22.6 Å². The fourth-order valence-corrected chi connectivity index (χ4v) is 2.17. The molecule has 0 aliphatic heterocycles. The molecule has 0 aliphatic rings. The second-order valence-electron chi connectivity index (χ2n) is 5.06. The molecule has 2 aromatic rings. The Morgan fingerprint density at radius 1 is 1.24 bits per heavy atom. The van der Waals surface area contributed by atoms with Gasteiger partial charge in [0.05, 0.1) is 5.52 Å². The van der Waals surface area contributed by atoms with Crippen LogP contribution in [0.25, 0.3) is 10.9 Å². The second kappa shape index (κ2) is 7.53. The van der Waals surface area contributed by atoms with Crippen LogP contribution in [0.1, 0.15) is 31.7 Å². The van der Waals surface area contributed by atoms with Gasteiger partial charge in [-0.1, -0.05) is 25.1 Å². The molecule has 4 nitrogen and oxygen atoms in total. The lowest BCUT2D eigenvalue weighted by Gasteiger charge is -2.04. The Morgan fingerprint density at radius 3 is 2.86 bits per heavy atom. The van der Waals surface area contributed by atoms with Crippen molar-refractivity contribution in [3.8, 4) is 0 Å². The number of aromatic nitrogens is 1. The summed E-state index contributed by atoms with van der Waals surface area (Å²) in [5, 5.41) is 3.83. The van der Waals surface area contributed by atoms with Crippen molar-refractivity contribution in [2.75, 3.05) is 6.54 Å². The summed E-state index contributed by atoms with van der Waals surface area (Å²) in [5.41, 5.74) is 1.88. The quantitative estimate of drug-likeness (QED) is 0.795. The molecule has 0 radical (unpaired) electrons. The first kappa shape index (κ1) is 15.2. The minimum absolute atomic E-state index is 0.0289. The maximum atomic E-state index is 11.9. The molecule has 1 aromatic carbocycles. The van der Waals surface area contributed by atoms with E-state index in [2.05, 4.69) is 10.3 Å². The zero-order valence-corrected chi connectivity index (χ0v) is 12.3. The average molecular weight is 284 g/mol. The molecule has 0 unspecified atom stereocenters. The van der Waals surface area contributed by atoms with Crippen molar-refractivity contribution in [2.45, 2.75) is 32.6 Å². The number of nitrogens with one attached hydrogen (secondary N) is 1. The first-order valence-electron chi connectivity index (χ1n) is 7.31. The van der Waals surface area contributed by atoms with E-state index >= 15 is 0 Å². The molecule has 0 aliphatic carbocycles. The lowest BCUT2D eigenvalue weighted by atomic mass is 10.1. The number of ketones is 1. The van der Waals surface area contributed by atoms with Gasteiger partial charge in [-0.2, -0.15) is 0 Å². The van der Waals surface area contributed by atoms with Crippen LogP contribution in [0.2, 0.25) is 0 Å². The monoisotopic (exact) mass is 284 g/mol. The van der Waals surface area contributed by atoms with Gasteiger partial charge in [0.2, 0.25) is 5.91 Å². The van der Waals surface area contributed by atoms with Crippen molar-refractivity contribution in [1.29, 1.82) is 0 Å². The summed E-state index contributed by atoms with van der Waals surface area (Å²) in [6.07, 6.45) is 3.82. The number of nitrogens with zero attached hydrogens (tertiary/aromatic N) is 1. The van der Waals surface area contributed by atoms with Gasteiger partial charge in [0, 0.05) is 37.4 Å². The number of carbonyl (C=O) groups excluding carboxylic acids is 2. The van der Waals surface area contributed by atoms with Crippen molar-refractivity contribution in [2.24, 2.45) is 0 Å². The molecule has 1 aromatic heterocycles. The Morgan fingerprint density at radius 2 is 2.05 bits per heavy atom. The van der Waals surface area contributed by atoms with Gasteiger partial charge in [0.25, 0.3) is 0 Å². The summed E-state index contributed by atoms with van der Waals surface area (Å²) in [6, 6.07) is 9.88. The molecule has 0 bridgehead atoms. The van der Waals surface area contributed by atoms with Gasteiger partial charge in [-0.15, -0.1) is 0 Å². The first-order chi connectivity index (χ1) is 10.2. The zero-order valence-electron chi connectivity index (χ0n) is 12.3. The molecule has 0 spiro atoms. The maximum absolute atomic E-state index is 11.9. The number of carbonyl (C=O) groups is 2. The van der Waals surface area contributed by atoms with E-state index < -0.39 is 0 Å². The third-order valence-corrected chi connectivity index (χ3v) is 3.32. The van der Waals surface area contributed by atoms with Crippen LogP contribution in [0.5, 0.6) is 0 Å². The molecule has 0 saturated carbocycles. The molecule has 2 rings (SSSR count). The molecule has 1 heterocycles. The summed E-state index contributed by atoms with van der Waals surface area (Å²) in [7, 11) is 0. The molecule has 21 heavy (non-hydrogen) atoms. The molecule has 0 saturated heterocycles. The first-order valence-corrected chi connectivity index (χ1v) is 7.31. The minimum Gasteiger partial charge on any atom is -0.356 e. The van der Waals surface area contributed by atoms with Crippen LogP contribution in [-0.2, 0) is 16.0 Å². The van der Waals surface area contributed by atoms with Crippen LogP contribution in [0, 0.1) is 0 Å². The van der Waals surface area contributed by atoms with Crippen molar-refractivity contribution < 1.29 is 9.59 Å². The summed E-state index contributed by atoms with van der Waals surface area (Å²) in [6.45, 7) is 2.38. The van der Waals surface area contributed by atoms with Gasteiger partial charge in [0.1, 0.15) is 5.78 Å². The van der Waals surface area contributed by atoms with E-state index in [1.807, 2.05) is 37.3 Å². The standard InChI is InChI=1S/C17H20N2O2/c1-2-17(21)18-9-5-7-15(20)11-13-10-14-6-3-4-8-16(14)19-12-13/h3-4,6,8,10,12H,2,5,7,9,11H2,1H3,(H,18,21). The summed E-state index contributed by atoms with van der Waals surface area (Å²) in [5.74, 6) is 0.207. The van der Waals surface area contributed by atoms with Crippen LogP contribution in [0.15, 0.2) is 36.5 Å². The number of benzene rings is 1. The number of pyridine rings is 1. The van der Waals surface area contributed by atoms with Crippen molar-refractivity contribution in [3.05, 3.63) is 42.1 Å². The van der Waals surface area contributed by atoms with Gasteiger partial charge in [-0.05, 0) is 24.1 Å². The van der Waals surface area contributed by atoms with E-state index in [9.17, 15) is 9.59 Å².